The van der Waals surface area contributed by atoms with Gasteiger partial charge in [0.2, 0.25) is 5.91 Å². The van der Waals surface area contributed by atoms with E-state index in [9.17, 15) is 14.4 Å². The Morgan fingerprint density at radius 1 is 1.14 bits per heavy atom. The van der Waals surface area contributed by atoms with Crippen molar-refractivity contribution in [1.29, 1.82) is 0 Å². The van der Waals surface area contributed by atoms with Crippen LogP contribution in [0.15, 0.2) is 0 Å². The number of hydrogen-bond acceptors (Lipinski definition) is 5. The van der Waals surface area contributed by atoms with Gasteiger partial charge in [-0.2, -0.15) is 0 Å². The van der Waals surface area contributed by atoms with Crippen molar-refractivity contribution in [3.63, 3.8) is 0 Å². The number of nitrogens with zero attached hydrogens (tertiary/aromatic N) is 2. The van der Waals surface area contributed by atoms with Crippen molar-refractivity contribution < 1.29 is 23.9 Å². The first-order chi connectivity index (χ1) is 13.6. The predicted molar refractivity (Wildman–Crippen MR) is 112 cm³/mol. The van der Waals surface area contributed by atoms with Crippen molar-refractivity contribution in [3.05, 3.63) is 22.5 Å². The number of carbonyl (C=O) groups excluding carboxylic acids is 3. The molecule has 1 heterocycles. The van der Waals surface area contributed by atoms with Crippen LogP contribution in [0, 0.1) is 19.8 Å². The van der Waals surface area contributed by atoms with Crippen molar-refractivity contribution in [2.45, 2.75) is 60.4 Å². The maximum absolute atomic E-state index is 13.4. The Balaban J connectivity index is 3.26. The fourth-order valence-electron chi connectivity index (χ4n) is 3.56. The summed E-state index contributed by atoms with van der Waals surface area (Å²) in [4.78, 5) is 40.2. The van der Waals surface area contributed by atoms with E-state index in [4.69, 9.17) is 9.47 Å². The number of rotatable bonds is 11. The minimum Gasteiger partial charge on any atom is -0.461 e. The number of ether oxygens (including phenoxy) is 2. The second kappa shape index (κ2) is 11.1. The molecule has 0 spiro atoms. The van der Waals surface area contributed by atoms with Gasteiger partial charge in [-0.05, 0) is 45.6 Å². The van der Waals surface area contributed by atoms with Crippen LogP contribution in [0.2, 0.25) is 0 Å². The summed E-state index contributed by atoms with van der Waals surface area (Å²) in [5.74, 6) is -0.463. The van der Waals surface area contributed by atoms with E-state index in [-0.39, 0.29) is 24.2 Å². The summed E-state index contributed by atoms with van der Waals surface area (Å²) < 4.78 is 11.9. The molecule has 7 nitrogen and oxygen atoms in total. The predicted octanol–water partition coefficient (Wildman–Crippen LogP) is 3.30. The molecular weight excluding hydrogens is 372 g/mol. The first-order valence-corrected chi connectivity index (χ1v) is 10.2. The molecule has 0 radical (unpaired) electrons. The largest absolute Gasteiger partial charge is 0.461 e. The summed E-state index contributed by atoms with van der Waals surface area (Å²) in [5.41, 5.74) is 2.14. The minimum atomic E-state index is -0.632. The van der Waals surface area contributed by atoms with E-state index in [0.29, 0.717) is 48.5 Å². The molecule has 0 bridgehead atoms. The van der Waals surface area contributed by atoms with E-state index in [1.807, 2.05) is 13.8 Å². The van der Waals surface area contributed by atoms with Gasteiger partial charge in [0.25, 0.3) is 0 Å². The van der Waals surface area contributed by atoms with Gasteiger partial charge < -0.3 is 18.9 Å². The molecule has 0 aliphatic rings. The van der Waals surface area contributed by atoms with Crippen molar-refractivity contribution in [2.24, 2.45) is 13.0 Å². The highest BCUT2D eigenvalue weighted by Crippen LogP contribution is 2.25. The van der Waals surface area contributed by atoms with E-state index in [2.05, 4.69) is 0 Å². The molecule has 0 aromatic carbocycles. The molecule has 0 fully saturated rings. The number of carbonyl (C=O) groups is 3. The van der Waals surface area contributed by atoms with Gasteiger partial charge in [-0.15, -0.1) is 0 Å². The molecule has 0 aliphatic heterocycles. The Kier molecular flexibility index (Phi) is 9.56. The van der Waals surface area contributed by atoms with Crippen LogP contribution < -0.4 is 0 Å². The molecule has 0 saturated carbocycles. The first kappa shape index (κ1) is 24.9. The number of hydrogen-bond donors (Lipinski definition) is 0. The van der Waals surface area contributed by atoms with Gasteiger partial charge in [-0.3, -0.25) is 9.59 Å². The Hall–Kier alpha value is -2.15. The molecular formula is C22H36N2O5. The third-order valence-corrected chi connectivity index (χ3v) is 5.14. The van der Waals surface area contributed by atoms with E-state index < -0.39 is 12.0 Å². The number of ketones is 1. The lowest BCUT2D eigenvalue weighted by Crippen LogP contribution is -2.44. The van der Waals surface area contributed by atoms with Gasteiger partial charge >= 0.3 is 5.97 Å². The average molecular weight is 409 g/mol. The van der Waals surface area contributed by atoms with Crippen LogP contribution in [0.1, 0.15) is 72.6 Å². The summed E-state index contributed by atoms with van der Waals surface area (Å²) in [7, 11) is 3.36. The third-order valence-electron chi connectivity index (χ3n) is 5.14. The number of amides is 1. The van der Waals surface area contributed by atoms with Crippen LogP contribution in [0.25, 0.3) is 0 Å². The summed E-state index contributed by atoms with van der Waals surface area (Å²) in [6.45, 7) is 12.2. The lowest BCUT2D eigenvalue weighted by molar-refractivity contribution is -0.133. The maximum atomic E-state index is 13.4. The molecule has 1 aromatic heterocycles. The number of methoxy groups -OCH3 is 1. The highest BCUT2D eigenvalue weighted by molar-refractivity contribution is 6.06. The average Bonchev–Trinajstić information content (AvgIpc) is 2.86. The minimum absolute atomic E-state index is 0.0474. The Morgan fingerprint density at radius 2 is 1.76 bits per heavy atom. The second-order valence-electron chi connectivity index (χ2n) is 7.79. The number of esters is 1. The smallest absolute Gasteiger partial charge is 0.355 e. The van der Waals surface area contributed by atoms with Crippen LogP contribution in [-0.4, -0.2) is 60.0 Å². The summed E-state index contributed by atoms with van der Waals surface area (Å²) in [6.07, 6.45) is 1.03. The lowest BCUT2D eigenvalue weighted by atomic mass is 9.99. The van der Waals surface area contributed by atoms with Crippen molar-refractivity contribution in [2.75, 3.05) is 26.9 Å². The van der Waals surface area contributed by atoms with Crippen LogP contribution in [0.3, 0.4) is 0 Å². The van der Waals surface area contributed by atoms with Crippen molar-refractivity contribution >= 4 is 17.7 Å². The van der Waals surface area contributed by atoms with Gasteiger partial charge in [-0.25, -0.2) is 4.79 Å². The molecule has 7 heteroatoms. The van der Waals surface area contributed by atoms with Gasteiger partial charge in [0.05, 0.1) is 12.6 Å². The molecule has 1 aromatic rings. The zero-order valence-corrected chi connectivity index (χ0v) is 19.1. The molecule has 1 unspecified atom stereocenters. The molecule has 0 saturated heterocycles. The molecule has 1 atom stereocenters. The SMILES string of the molecule is CCOC(=O)c1c(C)c(C(=O)C(C)N(CCCOC)C(=O)CC(C)C)c(C)n1C. The fraction of sp³-hybridized carbons (Fsp3) is 0.682. The van der Waals surface area contributed by atoms with Gasteiger partial charge in [0, 0.05) is 45.0 Å². The fourth-order valence-corrected chi connectivity index (χ4v) is 3.56. The maximum Gasteiger partial charge on any atom is 0.355 e. The lowest BCUT2D eigenvalue weighted by Gasteiger charge is -2.29. The summed E-state index contributed by atoms with van der Waals surface area (Å²) in [5, 5.41) is 0. The molecule has 0 N–H and O–H groups in total. The highest BCUT2D eigenvalue weighted by Gasteiger charge is 2.32. The van der Waals surface area contributed by atoms with Crippen LogP contribution in [-0.2, 0) is 21.3 Å². The standard InChI is InChI=1S/C22H36N2O5/c1-9-29-22(27)20-15(4)19(16(5)23(20)7)21(26)17(6)24(11-10-12-28-8)18(25)13-14(2)3/h14,17H,9-13H2,1-8H3. The Morgan fingerprint density at radius 3 is 2.28 bits per heavy atom. The van der Waals surface area contributed by atoms with Gasteiger partial charge in [0.15, 0.2) is 5.78 Å². The third kappa shape index (κ3) is 5.92. The van der Waals surface area contributed by atoms with Gasteiger partial charge in [-0.1, -0.05) is 13.8 Å². The Bertz CT molecular complexity index is 736. The summed E-state index contributed by atoms with van der Waals surface area (Å²) in [6, 6.07) is -0.632. The molecule has 1 amide bonds. The van der Waals surface area contributed by atoms with E-state index in [1.165, 1.54) is 0 Å². The molecule has 29 heavy (non-hydrogen) atoms. The normalized spacial score (nSPS) is 12.2. The van der Waals surface area contributed by atoms with Crippen LogP contribution in [0.5, 0.6) is 0 Å². The first-order valence-electron chi connectivity index (χ1n) is 10.2. The van der Waals surface area contributed by atoms with Crippen molar-refractivity contribution in [3.8, 4) is 0 Å². The highest BCUT2D eigenvalue weighted by atomic mass is 16.5. The van der Waals surface area contributed by atoms with E-state index in [0.717, 1.165) is 0 Å². The van der Waals surface area contributed by atoms with Crippen LogP contribution in [0.4, 0.5) is 0 Å². The zero-order valence-electron chi connectivity index (χ0n) is 19.1. The second-order valence-corrected chi connectivity index (χ2v) is 7.79. The zero-order chi connectivity index (χ0) is 22.3. The topological polar surface area (TPSA) is 77.8 Å². The van der Waals surface area contributed by atoms with Crippen molar-refractivity contribution in [1.82, 2.24) is 9.47 Å². The number of Topliss-reactive ketones (excluding diaryl/α,β-unsaturated/α-hetero) is 1. The molecule has 1 rings (SSSR count). The number of aromatic nitrogens is 1. The summed E-state index contributed by atoms with van der Waals surface area (Å²) >= 11 is 0. The molecule has 0 aliphatic carbocycles. The quantitative estimate of drug-likeness (QED) is 0.319. The van der Waals surface area contributed by atoms with Gasteiger partial charge in [0.1, 0.15) is 5.69 Å². The Labute approximate surface area is 174 Å². The van der Waals surface area contributed by atoms with Crippen LogP contribution >= 0.6 is 0 Å². The van der Waals surface area contributed by atoms with E-state index >= 15 is 0 Å². The monoisotopic (exact) mass is 408 g/mol. The molecule has 164 valence electrons. The van der Waals surface area contributed by atoms with E-state index in [1.54, 1.807) is 51.3 Å².